The number of esters is 1. The minimum atomic E-state index is -1.29. The van der Waals surface area contributed by atoms with Gasteiger partial charge in [0.05, 0.1) is 12.4 Å². The minimum Gasteiger partial charge on any atom is -0.480 e. The molecule has 0 spiro atoms. The van der Waals surface area contributed by atoms with Gasteiger partial charge in [0.2, 0.25) is 17.6 Å². The van der Waals surface area contributed by atoms with Gasteiger partial charge in [0.25, 0.3) is 0 Å². The molecule has 12 nitrogen and oxygen atoms in total. The summed E-state index contributed by atoms with van der Waals surface area (Å²) in [6.07, 6.45) is 19.2. The summed E-state index contributed by atoms with van der Waals surface area (Å²) in [7, 11) is 0. The molecule has 0 aliphatic heterocycles. The summed E-state index contributed by atoms with van der Waals surface area (Å²) >= 11 is 0.905. The lowest BCUT2D eigenvalue weighted by Crippen LogP contribution is -2.49. The Morgan fingerprint density at radius 3 is 1.75 bits per heavy atom. The predicted molar refractivity (Wildman–Crippen MR) is 170 cm³/mol. The van der Waals surface area contributed by atoms with Crippen molar-refractivity contribution in [1.82, 2.24) is 10.6 Å². The number of nitrogens with one attached hydrogen (secondary N) is 2. The number of carbonyl (C=O) groups is 6. The van der Waals surface area contributed by atoms with Gasteiger partial charge in [-0.05, 0) is 12.8 Å². The number of hydrogen-bond acceptors (Lipinski definition) is 9. The third-order valence-electron chi connectivity index (χ3n) is 7.04. The van der Waals surface area contributed by atoms with Gasteiger partial charge in [0.1, 0.15) is 18.6 Å². The molecular weight excluding hydrogens is 590 g/mol. The smallest absolute Gasteiger partial charge is 0.375 e. The van der Waals surface area contributed by atoms with Crippen molar-refractivity contribution in [1.29, 1.82) is 0 Å². The Bertz CT molecular complexity index is 857. The monoisotopic (exact) mass is 645 g/mol. The largest absolute Gasteiger partial charge is 0.480 e. The van der Waals surface area contributed by atoms with Crippen molar-refractivity contribution < 1.29 is 43.7 Å². The summed E-state index contributed by atoms with van der Waals surface area (Å²) in [6.45, 7) is 1.72. The topological polar surface area (TPSA) is 202 Å². The van der Waals surface area contributed by atoms with Crippen molar-refractivity contribution in [3.63, 3.8) is 0 Å². The number of amides is 2. The fourth-order valence-corrected chi connectivity index (χ4v) is 5.26. The minimum absolute atomic E-state index is 0.125. The molecular formula is C31H55N3O9S. The zero-order chi connectivity index (χ0) is 33.0. The van der Waals surface area contributed by atoms with Crippen molar-refractivity contribution in [3.05, 3.63) is 0 Å². The maximum absolute atomic E-state index is 12.3. The van der Waals surface area contributed by atoms with E-state index in [-0.39, 0.29) is 31.0 Å². The Hall–Kier alpha value is -2.67. The number of unbranched alkanes of at least 4 members (excludes halogenated alkanes) is 15. The van der Waals surface area contributed by atoms with E-state index in [0.717, 1.165) is 31.0 Å². The molecule has 2 amide bonds. The summed E-state index contributed by atoms with van der Waals surface area (Å²) < 4.78 is 5.06. The second-order valence-electron chi connectivity index (χ2n) is 11.1. The van der Waals surface area contributed by atoms with Crippen LogP contribution in [0.3, 0.4) is 0 Å². The van der Waals surface area contributed by atoms with Crippen LogP contribution >= 0.6 is 11.8 Å². The second kappa shape index (κ2) is 27.8. The molecule has 44 heavy (non-hydrogen) atoms. The van der Waals surface area contributed by atoms with E-state index < -0.39 is 54.1 Å². The maximum Gasteiger partial charge on any atom is 0.375 e. The van der Waals surface area contributed by atoms with E-state index >= 15 is 0 Å². The molecule has 0 heterocycles. The summed E-state index contributed by atoms with van der Waals surface area (Å²) in [5.74, 6) is -6.18. The first kappa shape index (κ1) is 41.3. The number of carboxylic acid groups (broad SMARTS) is 2. The third-order valence-corrected chi connectivity index (χ3v) is 8.08. The first-order chi connectivity index (χ1) is 21.1. The van der Waals surface area contributed by atoms with Crippen LogP contribution in [0.4, 0.5) is 0 Å². The van der Waals surface area contributed by atoms with E-state index in [1.807, 2.05) is 0 Å². The van der Waals surface area contributed by atoms with Crippen LogP contribution in [0.1, 0.15) is 122 Å². The van der Waals surface area contributed by atoms with Gasteiger partial charge in [-0.1, -0.05) is 103 Å². The lowest BCUT2D eigenvalue weighted by molar-refractivity contribution is -0.152. The number of aliphatic carboxylic acids is 2. The van der Waals surface area contributed by atoms with Gasteiger partial charge in [0.15, 0.2) is 0 Å². The van der Waals surface area contributed by atoms with Crippen LogP contribution < -0.4 is 16.4 Å². The fourth-order valence-electron chi connectivity index (χ4n) is 4.37. The molecule has 0 saturated heterocycles. The third kappa shape index (κ3) is 24.7. The highest BCUT2D eigenvalue weighted by atomic mass is 32.2. The van der Waals surface area contributed by atoms with Crippen molar-refractivity contribution in [3.8, 4) is 0 Å². The molecule has 0 aromatic carbocycles. The highest BCUT2D eigenvalue weighted by Crippen LogP contribution is 2.14. The van der Waals surface area contributed by atoms with Gasteiger partial charge < -0.3 is 31.3 Å². The molecule has 6 N–H and O–H groups in total. The molecule has 2 atom stereocenters. The molecule has 0 rings (SSSR count). The Balaban J connectivity index is 4.05. The Labute approximate surface area is 266 Å². The molecule has 0 radical (unpaired) electrons. The lowest BCUT2D eigenvalue weighted by atomic mass is 10.0. The van der Waals surface area contributed by atoms with E-state index in [2.05, 4.69) is 17.6 Å². The van der Waals surface area contributed by atoms with Crippen molar-refractivity contribution in [2.45, 2.75) is 135 Å². The second-order valence-corrected chi connectivity index (χ2v) is 12.1. The number of ether oxygens (including phenoxy) is 1. The van der Waals surface area contributed by atoms with Crippen LogP contribution in [-0.2, 0) is 33.5 Å². The number of rotatable bonds is 30. The van der Waals surface area contributed by atoms with Gasteiger partial charge in [-0.3, -0.25) is 24.0 Å². The van der Waals surface area contributed by atoms with Gasteiger partial charge in [-0.15, -0.1) is 0 Å². The normalized spacial score (nSPS) is 12.2. The van der Waals surface area contributed by atoms with Crippen LogP contribution in [0.5, 0.6) is 0 Å². The number of ketones is 1. The van der Waals surface area contributed by atoms with E-state index in [1.165, 1.54) is 77.0 Å². The molecule has 0 aromatic heterocycles. The van der Waals surface area contributed by atoms with Crippen LogP contribution in [0.15, 0.2) is 0 Å². The molecule has 0 aromatic rings. The van der Waals surface area contributed by atoms with Crippen molar-refractivity contribution in [2.75, 3.05) is 24.7 Å². The molecule has 0 aliphatic rings. The van der Waals surface area contributed by atoms with Gasteiger partial charge in [-0.2, -0.15) is 11.8 Å². The number of hydrogen-bond donors (Lipinski definition) is 5. The van der Waals surface area contributed by atoms with Crippen molar-refractivity contribution in [2.24, 2.45) is 5.73 Å². The summed E-state index contributed by atoms with van der Waals surface area (Å²) in [4.78, 5) is 70.2. The first-order valence-corrected chi connectivity index (χ1v) is 17.3. The number of nitrogens with two attached hydrogens (primary N) is 1. The molecule has 0 bridgehead atoms. The Morgan fingerprint density at radius 2 is 1.27 bits per heavy atom. The molecule has 0 saturated carbocycles. The molecule has 0 fully saturated rings. The van der Waals surface area contributed by atoms with Gasteiger partial charge in [-0.25, -0.2) is 4.79 Å². The average Bonchev–Trinajstić information content (AvgIpc) is 2.99. The summed E-state index contributed by atoms with van der Waals surface area (Å²) in [6, 6.07) is -2.46. The van der Waals surface area contributed by atoms with E-state index in [0.29, 0.717) is 6.42 Å². The summed E-state index contributed by atoms with van der Waals surface area (Å²) in [5, 5.41) is 22.1. The van der Waals surface area contributed by atoms with Crippen LogP contribution in [0.2, 0.25) is 0 Å². The molecule has 2 unspecified atom stereocenters. The van der Waals surface area contributed by atoms with Gasteiger partial charge in [0, 0.05) is 12.2 Å². The number of thioether (sulfide) groups is 1. The van der Waals surface area contributed by atoms with Gasteiger partial charge >= 0.3 is 17.9 Å². The average molecular weight is 646 g/mol. The SMILES string of the molecule is CCCCCCCCCCCCCCCCCCOC(=O)C(=O)CSCC(NC(=O)CCC(N)C(=O)O)C(=O)NCC(=O)O. The highest BCUT2D eigenvalue weighted by Gasteiger charge is 2.24. The highest BCUT2D eigenvalue weighted by molar-refractivity contribution is 8.00. The number of carboxylic acids is 2. The number of Topliss-reactive ketones (excluding diaryl/α,β-unsaturated/α-hetero) is 1. The molecule has 254 valence electrons. The predicted octanol–water partition coefficient (Wildman–Crippen LogP) is 3.97. The fraction of sp³-hybridized carbons (Fsp3) is 0.806. The summed E-state index contributed by atoms with van der Waals surface area (Å²) in [5.41, 5.74) is 5.38. The van der Waals surface area contributed by atoms with Crippen LogP contribution in [0.25, 0.3) is 0 Å². The number of carbonyl (C=O) groups excluding carboxylic acids is 4. The van der Waals surface area contributed by atoms with Crippen LogP contribution in [0, 0.1) is 0 Å². The van der Waals surface area contributed by atoms with E-state index in [1.54, 1.807) is 0 Å². The van der Waals surface area contributed by atoms with E-state index in [4.69, 9.17) is 20.7 Å². The van der Waals surface area contributed by atoms with E-state index in [9.17, 15) is 28.8 Å². The quantitative estimate of drug-likeness (QED) is 0.0430. The van der Waals surface area contributed by atoms with Crippen LogP contribution in [-0.4, -0.2) is 82.5 Å². The van der Waals surface area contributed by atoms with Crippen molar-refractivity contribution >= 4 is 47.3 Å². The Morgan fingerprint density at radius 1 is 0.773 bits per heavy atom. The maximum atomic E-state index is 12.3. The first-order valence-electron chi connectivity index (χ1n) is 16.1. The standard InChI is InChI=1S/C31H55N3O9S/c1-2-3-4-5-6-7-8-9-10-11-12-13-14-15-16-17-20-43-31(42)26(35)23-44-22-25(29(39)33-21-28(37)38)34-27(36)19-18-24(32)30(40)41/h24-25H,2-23,32H2,1H3,(H,33,39)(H,34,36)(H,37,38)(H,40,41). The lowest BCUT2D eigenvalue weighted by Gasteiger charge is -2.18. The molecule has 13 heteroatoms. The molecule has 0 aliphatic carbocycles. The Kier molecular flexibility index (Phi) is 26.2. The zero-order valence-corrected chi connectivity index (χ0v) is 27.3. The zero-order valence-electron chi connectivity index (χ0n) is 26.4.